The summed E-state index contributed by atoms with van der Waals surface area (Å²) >= 11 is 0. The summed E-state index contributed by atoms with van der Waals surface area (Å²) in [6.07, 6.45) is 1.72. The van der Waals surface area contributed by atoms with E-state index in [9.17, 15) is 4.39 Å². The van der Waals surface area contributed by atoms with Crippen LogP contribution in [0.2, 0.25) is 0 Å². The first-order chi connectivity index (χ1) is 14.2. The standard InChI is InChI=1S/C23H30FN3O2.HI/c1-3-19(29-21-12-8-7-11-20(21)24)16-27-23(25-2)26-15-18-13-14-28-22(18)17-9-5-4-6-10-17;/h4-12,18-19,22H,3,13-16H2,1-2H3,(H2,25,26,27);1H. The molecule has 3 unspecified atom stereocenters. The minimum Gasteiger partial charge on any atom is -0.486 e. The van der Waals surface area contributed by atoms with Crippen molar-refractivity contribution in [1.29, 1.82) is 0 Å². The second kappa shape index (κ2) is 12.7. The fourth-order valence-corrected chi connectivity index (χ4v) is 3.50. The predicted octanol–water partition coefficient (Wildman–Crippen LogP) is 4.54. The first-order valence-electron chi connectivity index (χ1n) is 10.2. The summed E-state index contributed by atoms with van der Waals surface area (Å²) in [7, 11) is 1.74. The molecule has 164 valence electrons. The lowest BCUT2D eigenvalue weighted by Gasteiger charge is -2.22. The van der Waals surface area contributed by atoms with Gasteiger partial charge < -0.3 is 20.1 Å². The Labute approximate surface area is 195 Å². The van der Waals surface area contributed by atoms with Crippen LogP contribution in [0.15, 0.2) is 59.6 Å². The molecule has 1 heterocycles. The average molecular weight is 527 g/mol. The number of hydrogen-bond donors (Lipinski definition) is 2. The molecule has 0 aromatic heterocycles. The number of halogens is 2. The highest BCUT2D eigenvalue weighted by atomic mass is 127. The van der Waals surface area contributed by atoms with Crippen LogP contribution in [0.4, 0.5) is 4.39 Å². The second-order valence-electron chi connectivity index (χ2n) is 7.16. The van der Waals surface area contributed by atoms with Crippen molar-refractivity contribution >= 4 is 29.9 Å². The Morgan fingerprint density at radius 3 is 2.60 bits per heavy atom. The molecule has 30 heavy (non-hydrogen) atoms. The number of hydrogen-bond acceptors (Lipinski definition) is 3. The Hall–Kier alpha value is -1.87. The summed E-state index contributed by atoms with van der Waals surface area (Å²) in [5, 5.41) is 6.68. The normalized spacial score (nSPS) is 19.6. The van der Waals surface area contributed by atoms with Crippen LogP contribution in [-0.2, 0) is 4.74 Å². The van der Waals surface area contributed by atoms with Crippen molar-refractivity contribution in [2.75, 3.05) is 26.7 Å². The van der Waals surface area contributed by atoms with E-state index in [-0.39, 0.29) is 47.8 Å². The lowest BCUT2D eigenvalue weighted by molar-refractivity contribution is 0.0915. The van der Waals surface area contributed by atoms with Crippen LogP contribution in [0.3, 0.4) is 0 Å². The molecular formula is C23H31FIN3O2. The molecule has 0 bridgehead atoms. The molecular weight excluding hydrogens is 496 g/mol. The fraction of sp³-hybridized carbons (Fsp3) is 0.435. The van der Waals surface area contributed by atoms with Crippen LogP contribution in [0.5, 0.6) is 5.75 Å². The molecule has 0 amide bonds. The highest BCUT2D eigenvalue weighted by Crippen LogP contribution is 2.33. The van der Waals surface area contributed by atoms with Crippen molar-refractivity contribution < 1.29 is 13.9 Å². The van der Waals surface area contributed by atoms with E-state index in [2.05, 4.69) is 27.8 Å². The Kier molecular flexibility index (Phi) is 10.4. The van der Waals surface area contributed by atoms with Gasteiger partial charge in [0.15, 0.2) is 17.5 Å². The summed E-state index contributed by atoms with van der Waals surface area (Å²) in [5.41, 5.74) is 1.21. The van der Waals surface area contributed by atoms with Gasteiger partial charge in [0.1, 0.15) is 6.10 Å². The van der Waals surface area contributed by atoms with Crippen molar-refractivity contribution in [2.24, 2.45) is 10.9 Å². The maximum Gasteiger partial charge on any atom is 0.191 e. The van der Waals surface area contributed by atoms with Crippen molar-refractivity contribution in [2.45, 2.75) is 32.0 Å². The lowest BCUT2D eigenvalue weighted by Crippen LogP contribution is -2.44. The van der Waals surface area contributed by atoms with Crippen LogP contribution in [0.25, 0.3) is 0 Å². The largest absolute Gasteiger partial charge is 0.486 e. The third kappa shape index (κ3) is 6.84. The van der Waals surface area contributed by atoms with Gasteiger partial charge in [0.2, 0.25) is 0 Å². The van der Waals surface area contributed by atoms with Crippen LogP contribution >= 0.6 is 24.0 Å². The first-order valence-corrected chi connectivity index (χ1v) is 10.2. The molecule has 1 fully saturated rings. The molecule has 1 saturated heterocycles. The fourth-order valence-electron chi connectivity index (χ4n) is 3.50. The zero-order chi connectivity index (χ0) is 20.5. The summed E-state index contributed by atoms with van der Waals surface area (Å²) in [6.45, 7) is 4.09. The van der Waals surface area contributed by atoms with Gasteiger partial charge in [0, 0.05) is 26.1 Å². The number of aliphatic imine (C=N–C) groups is 1. The third-order valence-corrected chi connectivity index (χ3v) is 5.18. The van der Waals surface area contributed by atoms with E-state index in [0.29, 0.717) is 18.4 Å². The highest BCUT2D eigenvalue weighted by Gasteiger charge is 2.29. The molecule has 2 N–H and O–H groups in total. The van der Waals surface area contributed by atoms with Crippen molar-refractivity contribution in [3.05, 3.63) is 66.0 Å². The van der Waals surface area contributed by atoms with Crippen molar-refractivity contribution in [3.63, 3.8) is 0 Å². The molecule has 7 heteroatoms. The Balaban J connectivity index is 0.00000320. The van der Waals surface area contributed by atoms with Gasteiger partial charge in [-0.05, 0) is 30.5 Å². The maximum atomic E-state index is 13.8. The zero-order valence-electron chi connectivity index (χ0n) is 17.5. The van der Waals surface area contributed by atoms with E-state index in [4.69, 9.17) is 9.47 Å². The Bertz CT molecular complexity index is 791. The van der Waals surface area contributed by atoms with E-state index >= 15 is 0 Å². The van der Waals surface area contributed by atoms with Crippen LogP contribution in [0, 0.1) is 11.7 Å². The van der Waals surface area contributed by atoms with Gasteiger partial charge >= 0.3 is 0 Å². The number of nitrogens with one attached hydrogen (secondary N) is 2. The summed E-state index contributed by atoms with van der Waals surface area (Å²) in [6, 6.07) is 16.8. The smallest absolute Gasteiger partial charge is 0.191 e. The van der Waals surface area contributed by atoms with Gasteiger partial charge in [-0.2, -0.15) is 0 Å². The Morgan fingerprint density at radius 1 is 1.17 bits per heavy atom. The van der Waals surface area contributed by atoms with Gasteiger partial charge in [-0.3, -0.25) is 4.99 Å². The minimum atomic E-state index is -0.346. The van der Waals surface area contributed by atoms with E-state index in [1.165, 1.54) is 11.6 Å². The van der Waals surface area contributed by atoms with Gasteiger partial charge in [0.25, 0.3) is 0 Å². The van der Waals surface area contributed by atoms with Crippen LogP contribution < -0.4 is 15.4 Å². The average Bonchev–Trinajstić information content (AvgIpc) is 3.23. The van der Waals surface area contributed by atoms with Gasteiger partial charge in [-0.25, -0.2) is 4.39 Å². The molecule has 0 saturated carbocycles. The van der Waals surface area contributed by atoms with E-state index in [1.807, 2.05) is 25.1 Å². The topological polar surface area (TPSA) is 54.9 Å². The summed E-state index contributed by atoms with van der Waals surface area (Å²) in [5.74, 6) is 1.02. The quantitative estimate of drug-likeness (QED) is 0.301. The van der Waals surface area contributed by atoms with Crippen molar-refractivity contribution in [3.8, 4) is 5.75 Å². The van der Waals surface area contributed by atoms with Crippen LogP contribution in [-0.4, -0.2) is 38.8 Å². The molecule has 0 spiro atoms. The van der Waals surface area contributed by atoms with E-state index < -0.39 is 0 Å². The van der Waals surface area contributed by atoms with E-state index in [1.54, 1.807) is 25.2 Å². The number of guanidine groups is 1. The number of rotatable bonds is 8. The number of benzene rings is 2. The van der Waals surface area contributed by atoms with Gasteiger partial charge in [-0.1, -0.05) is 49.4 Å². The molecule has 1 aliphatic heterocycles. The minimum absolute atomic E-state index is 0. The lowest BCUT2D eigenvalue weighted by atomic mass is 9.95. The SMILES string of the molecule is CCC(CNC(=NC)NCC1CCOC1c1ccccc1)Oc1ccccc1F.I. The molecule has 1 aliphatic rings. The number of para-hydroxylation sites is 1. The molecule has 5 nitrogen and oxygen atoms in total. The monoisotopic (exact) mass is 527 g/mol. The molecule has 0 aliphatic carbocycles. The van der Waals surface area contributed by atoms with Gasteiger partial charge in [-0.15, -0.1) is 24.0 Å². The molecule has 3 rings (SSSR count). The molecule has 2 aromatic rings. The maximum absolute atomic E-state index is 13.8. The highest BCUT2D eigenvalue weighted by molar-refractivity contribution is 14.0. The molecule has 2 aromatic carbocycles. The predicted molar refractivity (Wildman–Crippen MR) is 129 cm³/mol. The third-order valence-electron chi connectivity index (χ3n) is 5.18. The van der Waals surface area contributed by atoms with Gasteiger partial charge in [0.05, 0.1) is 12.6 Å². The summed E-state index contributed by atoms with van der Waals surface area (Å²) in [4.78, 5) is 4.30. The molecule has 3 atom stereocenters. The Morgan fingerprint density at radius 2 is 1.90 bits per heavy atom. The number of nitrogens with zero attached hydrogens (tertiary/aromatic N) is 1. The second-order valence-corrected chi connectivity index (χ2v) is 7.16. The van der Waals surface area contributed by atoms with Crippen LogP contribution in [0.1, 0.15) is 31.4 Å². The zero-order valence-corrected chi connectivity index (χ0v) is 19.8. The van der Waals surface area contributed by atoms with Crippen molar-refractivity contribution in [1.82, 2.24) is 10.6 Å². The number of ether oxygens (including phenoxy) is 2. The summed E-state index contributed by atoms with van der Waals surface area (Å²) < 4.78 is 25.6. The first kappa shape index (κ1) is 24.4. The van der Waals surface area contributed by atoms with E-state index in [0.717, 1.165) is 26.0 Å². The molecule has 0 radical (unpaired) electrons.